The number of fused-ring (bicyclic) bond motifs is 6. The Hall–Kier alpha value is -1.55. The third kappa shape index (κ3) is 2.44. The van der Waals surface area contributed by atoms with Gasteiger partial charge in [-0.25, -0.2) is 0 Å². The Morgan fingerprint density at radius 3 is 1.97 bits per heavy atom. The summed E-state index contributed by atoms with van der Waals surface area (Å²) in [7, 11) is 0. The zero-order valence-electron chi connectivity index (χ0n) is 14.2. The predicted octanol–water partition coefficient (Wildman–Crippen LogP) is 6.80. The van der Waals surface area contributed by atoms with Crippen molar-refractivity contribution in [1.82, 2.24) is 0 Å². The van der Waals surface area contributed by atoms with Gasteiger partial charge in [-0.2, -0.15) is 0 Å². The lowest BCUT2D eigenvalue weighted by atomic mass is 9.77. The average molecular weight is 649 g/mol. The minimum atomic E-state index is -1.17. The van der Waals surface area contributed by atoms with Crippen LogP contribution in [0.2, 0.25) is 0 Å². The zero-order chi connectivity index (χ0) is 20.7. The molecule has 29 heavy (non-hydrogen) atoms. The molecule has 0 unspecified atom stereocenters. The van der Waals surface area contributed by atoms with Crippen LogP contribution in [0.4, 0.5) is 0 Å². The van der Waals surface area contributed by atoms with Crippen molar-refractivity contribution in [2.24, 2.45) is 0 Å². The molecule has 5 rings (SSSR count). The van der Waals surface area contributed by atoms with Gasteiger partial charge in [0.1, 0.15) is 23.0 Å². The molecule has 3 aromatic rings. The average Bonchev–Trinajstić information content (AvgIpc) is 2.89. The molecule has 1 spiro atoms. The predicted molar refractivity (Wildman–Crippen MR) is 120 cm³/mol. The fraction of sp³-hybridized carbons (Fsp3) is 0.0500. The lowest BCUT2D eigenvalue weighted by Crippen LogP contribution is -2.37. The first-order chi connectivity index (χ1) is 13.8. The number of phenolic OH excluding ortho intramolecular Hbond substituents is 2. The van der Waals surface area contributed by atoms with Gasteiger partial charge in [-0.3, -0.25) is 0 Å². The second-order valence-corrected chi connectivity index (χ2v) is 9.74. The van der Waals surface area contributed by atoms with Gasteiger partial charge < -0.3 is 18.4 Å². The summed E-state index contributed by atoms with van der Waals surface area (Å²) >= 11 is 14.1. The molecule has 2 aliphatic heterocycles. The molecule has 0 aliphatic carbocycles. The molecule has 9 heteroatoms. The van der Waals surface area contributed by atoms with Crippen molar-refractivity contribution in [3.8, 4) is 23.0 Å². The van der Waals surface area contributed by atoms with Crippen LogP contribution < -0.4 is 4.74 Å². The molecule has 2 N–H and O–H groups in total. The van der Waals surface area contributed by atoms with Gasteiger partial charge in [0.05, 0.1) is 21.2 Å². The van der Waals surface area contributed by atoms with Crippen molar-refractivity contribution < 1.29 is 23.2 Å². The summed E-state index contributed by atoms with van der Waals surface area (Å²) in [5, 5.41) is 20.0. The van der Waals surface area contributed by atoms with Crippen LogP contribution in [0.3, 0.4) is 0 Å². The Kier molecular flexibility index (Phi) is 4.33. The summed E-state index contributed by atoms with van der Waals surface area (Å²) in [4.78, 5) is 13.4. The molecule has 146 valence electrons. The first kappa shape index (κ1) is 19.4. The highest BCUT2D eigenvalue weighted by Gasteiger charge is 2.63. The topological polar surface area (TPSA) is 69.5 Å². The minimum Gasteiger partial charge on any atom is -0.508 e. The highest BCUT2D eigenvalue weighted by atomic mass is 79.9. The molecule has 2 aliphatic rings. The van der Waals surface area contributed by atoms with E-state index in [1.165, 1.54) is 12.1 Å². The number of phenols is 2. The number of rotatable bonds is 0. The van der Waals surface area contributed by atoms with Crippen molar-refractivity contribution in [3.05, 3.63) is 78.1 Å². The second-order valence-electron chi connectivity index (χ2n) is 6.59. The first-order valence-electron chi connectivity index (χ1n) is 8.24. The highest BCUT2D eigenvalue weighted by molar-refractivity contribution is 9.13. The Labute approximate surface area is 198 Å². The van der Waals surface area contributed by atoms with Crippen molar-refractivity contribution in [1.29, 1.82) is 0 Å². The van der Waals surface area contributed by atoms with Gasteiger partial charge in [-0.05, 0) is 62.2 Å². The van der Waals surface area contributed by atoms with Gasteiger partial charge in [0.2, 0.25) is 5.60 Å². The number of carbonyl (C=O) groups is 1. The van der Waals surface area contributed by atoms with E-state index in [1.54, 1.807) is 24.3 Å². The molecule has 0 aromatic heterocycles. The lowest BCUT2D eigenvalue weighted by molar-refractivity contribution is -0.00989. The molecule has 0 saturated heterocycles. The summed E-state index contributed by atoms with van der Waals surface area (Å²) in [6.07, 6.45) is 0. The van der Waals surface area contributed by atoms with Gasteiger partial charge in [0, 0.05) is 25.9 Å². The van der Waals surface area contributed by atoms with Crippen LogP contribution in [-0.2, 0) is 9.06 Å². The maximum Gasteiger partial charge on any atom is 0.565 e. The smallest absolute Gasteiger partial charge is 0.508 e. The molecule has 0 radical (unpaired) electrons. The standard InChI is InChI=1S/C20H8Br4O5/c21-12-7-13(22)18(23)16-17(12)20(29(24)19(16)27)10-3-1-8(25)5-14(10)28-15-6-9(26)2-4-11(15)20/h1-7H,(H-,25,26)/p+1. The van der Waals surface area contributed by atoms with Crippen molar-refractivity contribution in [3.63, 3.8) is 0 Å². The number of benzene rings is 3. The Balaban J connectivity index is 2.00. The molecule has 0 bridgehead atoms. The largest absolute Gasteiger partial charge is 0.565 e. The van der Waals surface area contributed by atoms with Gasteiger partial charge >= 0.3 is 5.97 Å². The summed E-state index contributed by atoms with van der Waals surface area (Å²) in [5.41, 5.74) is 1.24. The quantitative estimate of drug-likeness (QED) is 0.160. The Morgan fingerprint density at radius 1 is 0.862 bits per heavy atom. The van der Waals surface area contributed by atoms with Crippen LogP contribution in [0.1, 0.15) is 27.0 Å². The third-order valence-corrected chi connectivity index (χ3v) is 8.45. The lowest BCUT2D eigenvalue weighted by Gasteiger charge is -2.39. The molecule has 5 nitrogen and oxygen atoms in total. The SMILES string of the molecule is O=C1c2c(Br)c(Br)cc(Br)c2C2(c3ccc(O)cc3Oc3cc(O)ccc32)[O+]1Br. The van der Waals surface area contributed by atoms with Crippen molar-refractivity contribution in [2.45, 2.75) is 5.60 Å². The van der Waals surface area contributed by atoms with E-state index in [0.717, 1.165) is 4.47 Å². The highest BCUT2D eigenvalue weighted by Crippen LogP contribution is 2.63. The zero-order valence-corrected chi connectivity index (χ0v) is 20.5. The van der Waals surface area contributed by atoms with E-state index >= 15 is 0 Å². The third-order valence-electron chi connectivity index (χ3n) is 5.07. The minimum absolute atomic E-state index is 0.0224. The number of aromatic hydroxyl groups is 2. The van der Waals surface area contributed by atoms with Crippen LogP contribution in [0.5, 0.6) is 23.0 Å². The van der Waals surface area contributed by atoms with E-state index in [-0.39, 0.29) is 17.5 Å². The number of halogens is 4. The summed E-state index contributed by atoms with van der Waals surface area (Å²) in [6, 6.07) is 11.3. The molecule has 0 fully saturated rings. The molecule has 3 aromatic carbocycles. The fourth-order valence-electron chi connectivity index (χ4n) is 3.95. The second kappa shape index (κ2) is 6.47. The van der Waals surface area contributed by atoms with E-state index in [2.05, 4.69) is 67.5 Å². The van der Waals surface area contributed by atoms with Crippen LogP contribution in [0.25, 0.3) is 0 Å². The van der Waals surface area contributed by atoms with Crippen molar-refractivity contribution >= 4 is 70.0 Å². The maximum atomic E-state index is 13.4. The van der Waals surface area contributed by atoms with Crippen molar-refractivity contribution in [2.75, 3.05) is 0 Å². The normalized spacial score (nSPS) is 15.7. The molecule has 0 amide bonds. The first-order valence-corrected chi connectivity index (χ1v) is 11.3. The number of hydrogen-bond donors (Lipinski definition) is 2. The summed E-state index contributed by atoms with van der Waals surface area (Å²) < 4.78 is 10.6. The Bertz CT molecular complexity index is 1190. The van der Waals surface area contributed by atoms with Crippen LogP contribution in [-0.4, -0.2) is 16.2 Å². The van der Waals surface area contributed by atoms with E-state index in [0.29, 0.717) is 42.7 Å². The van der Waals surface area contributed by atoms with E-state index < -0.39 is 5.60 Å². The van der Waals surface area contributed by atoms with E-state index in [1.807, 2.05) is 6.07 Å². The van der Waals surface area contributed by atoms with Gasteiger partial charge in [0.25, 0.3) is 16.3 Å². The van der Waals surface area contributed by atoms with E-state index in [4.69, 9.17) is 4.74 Å². The number of ether oxygens (including phenoxy) is 1. The van der Waals surface area contributed by atoms with Gasteiger partial charge in [-0.1, -0.05) is 15.9 Å². The molecule has 2 heterocycles. The van der Waals surface area contributed by atoms with Crippen LogP contribution >= 0.6 is 64.0 Å². The van der Waals surface area contributed by atoms with E-state index in [9.17, 15) is 15.0 Å². The summed E-state index contributed by atoms with van der Waals surface area (Å²) in [6.45, 7) is 0. The van der Waals surface area contributed by atoms with Crippen LogP contribution in [0.15, 0.2) is 55.9 Å². The van der Waals surface area contributed by atoms with Crippen LogP contribution in [0, 0.1) is 0 Å². The Morgan fingerprint density at radius 2 is 1.41 bits per heavy atom. The summed E-state index contributed by atoms with van der Waals surface area (Å²) in [5.74, 6) is 0.454. The maximum absolute atomic E-state index is 13.4. The number of hydrogen-bond acceptors (Lipinski definition) is 4. The molecule has 0 saturated carbocycles. The van der Waals surface area contributed by atoms with Gasteiger partial charge in [-0.15, -0.1) is 0 Å². The van der Waals surface area contributed by atoms with Gasteiger partial charge in [0.15, 0.2) is 5.56 Å². The molecule has 0 atom stereocenters. The monoisotopic (exact) mass is 645 g/mol. The molecular formula is C20H9Br4O5+. The fourth-order valence-corrected chi connectivity index (χ4v) is 6.54. The number of carbonyl (C=O) groups excluding carboxylic acids is 1. The molecular weight excluding hydrogens is 640 g/mol.